The van der Waals surface area contributed by atoms with Crippen LogP contribution >= 0.6 is 0 Å². The van der Waals surface area contributed by atoms with Crippen molar-refractivity contribution in [1.82, 2.24) is 9.80 Å². The van der Waals surface area contributed by atoms with Crippen LogP contribution < -0.4 is 5.73 Å². The fraction of sp³-hybridized carbons (Fsp3) is 0.800. The molecule has 1 aliphatic heterocycles. The lowest BCUT2D eigenvalue weighted by Gasteiger charge is -2.33. The van der Waals surface area contributed by atoms with Crippen LogP contribution in [-0.2, 0) is 9.59 Å². The van der Waals surface area contributed by atoms with Crippen molar-refractivity contribution in [2.75, 3.05) is 26.7 Å². The Hall–Kier alpha value is -1.10. The maximum absolute atomic E-state index is 11.6. The second-order valence-electron chi connectivity index (χ2n) is 4.39. The highest BCUT2D eigenvalue weighted by Gasteiger charge is 2.31. The normalized spacial score (nSPS) is 20.1. The van der Waals surface area contributed by atoms with Gasteiger partial charge in [0.15, 0.2) is 0 Å². The Morgan fingerprint density at radius 1 is 1.27 bits per heavy atom. The summed E-state index contributed by atoms with van der Waals surface area (Å²) in [6.45, 7) is 5.66. The van der Waals surface area contributed by atoms with Crippen LogP contribution in [0.25, 0.3) is 0 Å². The van der Waals surface area contributed by atoms with Gasteiger partial charge in [0, 0.05) is 32.7 Å². The Morgan fingerprint density at radius 3 is 2.40 bits per heavy atom. The first kappa shape index (κ1) is 12.0. The standard InChI is InChI=1S/C10H19N3O2/c1-7(2)8(11)6-13-5-4-12(3)9(14)10(13)15/h7-8H,4-6,11H2,1-3H3. The van der Waals surface area contributed by atoms with Gasteiger partial charge in [-0.15, -0.1) is 0 Å². The molecule has 2 amide bonds. The molecule has 0 aliphatic carbocycles. The highest BCUT2D eigenvalue weighted by molar-refractivity contribution is 6.35. The number of nitrogens with two attached hydrogens (primary N) is 1. The molecule has 0 saturated carbocycles. The van der Waals surface area contributed by atoms with E-state index in [2.05, 4.69) is 0 Å². The van der Waals surface area contributed by atoms with Gasteiger partial charge < -0.3 is 15.5 Å². The second kappa shape index (κ2) is 4.61. The number of likely N-dealkylation sites (N-methyl/N-ethyl adjacent to an activating group) is 1. The molecule has 0 aromatic heterocycles. The zero-order valence-electron chi connectivity index (χ0n) is 9.56. The van der Waals surface area contributed by atoms with E-state index in [4.69, 9.17) is 5.73 Å². The number of hydrogen-bond acceptors (Lipinski definition) is 3. The maximum Gasteiger partial charge on any atom is 0.312 e. The number of piperazine rings is 1. The predicted molar refractivity (Wildman–Crippen MR) is 57.0 cm³/mol. The zero-order valence-corrected chi connectivity index (χ0v) is 9.56. The van der Waals surface area contributed by atoms with Crippen molar-refractivity contribution in [2.45, 2.75) is 19.9 Å². The van der Waals surface area contributed by atoms with Crippen LogP contribution in [0.1, 0.15) is 13.8 Å². The summed E-state index contributed by atoms with van der Waals surface area (Å²) < 4.78 is 0. The zero-order chi connectivity index (χ0) is 11.6. The molecule has 1 fully saturated rings. The number of hydrogen-bond donors (Lipinski definition) is 1. The van der Waals surface area contributed by atoms with E-state index in [1.165, 1.54) is 4.90 Å². The average Bonchev–Trinajstić information content (AvgIpc) is 2.18. The molecule has 0 aromatic rings. The van der Waals surface area contributed by atoms with Gasteiger partial charge in [0.2, 0.25) is 0 Å². The third-order valence-electron chi connectivity index (χ3n) is 2.81. The monoisotopic (exact) mass is 213 g/mol. The molecule has 1 heterocycles. The molecule has 5 heteroatoms. The van der Waals surface area contributed by atoms with E-state index in [-0.39, 0.29) is 6.04 Å². The maximum atomic E-state index is 11.6. The summed E-state index contributed by atoms with van der Waals surface area (Å²) in [5.74, 6) is -0.551. The predicted octanol–water partition coefficient (Wildman–Crippen LogP) is -0.730. The molecule has 0 radical (unpaired) electrons. The molecule has 0 spiro atoms. The van der Waals surface area contributed by atoms with Crippen LogP contribution in [0, 0.1) is 5.92 Å². The van der Waals surface area contributed by atoms with E-state index < -0.39 is 11.8 Å². The number of carbonyl (C=O) groups is 2. The van der Waals surface area contributed by atoms with Crippen LogP contribution in [0.4, 0.5) is 0 Å². The molecule has 86 valence electrons. The minimum atomic E-state index is -0.433. The Balaban J connectivity index is 2.57. The quantitative estimate of drug-likeness (QED) is 0.629. The van der Waals surface area contributed by atoms with Crippen molar-refractivity contribution in [1.29, 1.82) is 0 Å². The minimum Gasteiger partial charge on any atom is -0.336 e. The summed E-state index contributed by atoms with van der Waals surface area (Å²) in [5, 5.41) is 0. The van der Waals surface area contributed by atoms with Crippen molar-refractivity contribution < 1.29 is 9.59 Å². The summed E-state index contributed by atoms with van der Waals surface area (Å²) in [7, 11) is 1.64. The molecule has 1 unspecified atom stereocenters. The molecule has 1 aliphatic rings. The van der Waals surface area contributed by atoms with Crippen LogP contribution in [0.3, 0.4) is 0 Å². The molecular weight excluding hydrogens is 194 g/mol. The van der Waals surface area contributed by atoms with Gasteiger partial charge in [-0.3, -0.25) is 9.59 Å². The van der Waals surface area contributed by atoms with Crippen molar-refractivity contribution >= 4 is 11.8 Å². The van der Waals surface area contributed by atoms with Gasteiger partial charge in [-0.25, -0.2) is 0 Å². The molecule has 0 aromatic carbocycles. The lowest BCUT2D eigenvalue weighted by atomic mass is 10.0. The molecule has 1 rings (SSSR count). The molecule has 15 heavy (non-hydrogen) atoms. The van der Waals surface area contributed by atoms with E-state index in [1.54, 1.807) is 11.9 Å². The summed E-state index contributed by atoms with van der Waals surface area (Å²) in [4.78, 5) is 25.9. The van der Waals surface area contributed by atoms with E-state index in [9.17, 15) is 9.59 Å². The molecular formula is C10H19N3O2. The third-order valence-corrected chi connectivity index (χ3v) is 2.81. The van der Waals surface area contributed by atoms with Crippen molar-refractivity contribution in [3.05, 3.63) is 0 Å². The highest BCUT2D eigenvalue weighted by atomic mass is 16.2. The number of amides is 2. The molecule has 1 saturated heterocycles. The average molecular weight is 213 g/mol. The van der Waals surface area contributed by atoms with Crippen LogP contribution in [0.2, 0.25) is 0 Å². The van der Waals surface area contributed by atoms with Crippen molar-refractivity contribution in [2.24, 2.45) is 11.7 Å². The molecule has 5 nitrogen and oxygen atoms in total. The Labute approximate surface area is 90.2 Å². The SMILES string of the molecule is CC(C)C(N)CN1CCN(C)C(=O)C1=O. The molecule has 1 atom stereocenters. The largest absolute Gasteiger partial charge is 0.336 e. The first-order chi connectivity index (χ1) is 6.93. The van der Waals surface area contributed by atoms with Gasteiger partial charge in [0.25, 0.3) is 0 Å². The number of carbonyl (C=O) groups excluding carboxylic acids is 2. The summed E-state index contributed by atoms with van der Waals surface area (Å²) >= 11 is 0. The molecule has 2 N–H and O–H groups in total. The van der Waals surface area contributed by atoms with Crippen molar-refractivity contribution in [3.63, 3.8) is 0 Å². The van der Waals surface area contributed by atoms with Gasteiger partial charge in [-0.2, -0.15) is 0 Å². The summed E-state index contributed by atoms with van der Waals surface area (Å²) in [6, 6.07) is -0.0647. The van der Waals surface area contributed by atoms with Gasteiger partial charge in [0.05, 0.1) is 0 Å². The topological polar surface area (TPSA) is 66.6 Å². The number of nitrogens with zero attached hydrogens (tertiary/aromatic N) is 2. The van der Waals surface area contributed by atoms with E-state index in [0.29, 0.717) is 25.6 Å². The first-order valence-electron chi connectivity index (χ1n) is 5.23. The fourth-order valence-corrected chi connectivity index (χ4v) is 1.41. The Bertz CT molecular complexity index is 265. The smallest absolute Gasteiger partial charge is 0.312 e. The van der Waals surface area contributed by atoms with Crippen LogP contribution in [0.15, 0.2) is 0 Å². The van der Waals surface area contributed by atoms with Gasteiger partial charge in [-0.05, 0) is 5.92 Å². The van der Waals surface area contributed by atoms with E-state index in [0.717, 1.165) is 0 Å². The Morgan fingerprint density at radius 2 is 1.87 bits per heavy atom. The summed E-state index contributed by atoms with van der Waals surface area (Å²) in [5.41, 5.74) is 5.87. The van der Waals surface area contributed by atoms with Gasteiger partial charge in [-0.1, -0.05) is 13.8 Å². The van der Waals surface area contributed by atoms with Gasteiger partial charge in [0.1, 0.15) is 0 Å². The van der Waals surface area contributed by atoms with E-state index in [1.807, 2.05) is 13.8 Å². The van der Waals surface area contributed by atoms with Crippen LogP contribution in [-0.4, -0.2) is 54.3 Å². The van der Waals surface area contributed by atoms with Crippen LogP contribution in [0.5, 0.6) is 0 Å². The fourth-order valence-electron chi connectivity index (χ4n) is 1.41. The highest BCUT2D eigenvalue weighted by Crippen LogP contribution is 2.06. The lowest BCUT2D eigenvalue weighted by molar-refractivity contribution is -0.155. The number of rotatable bonds is 3. The van der Waals surface area contributed by atoms with Gasteiger partial charge >= 0.3 is 11.8 Å². The lowest BCUT2D eigenvalue weighted by Crippen LogP contribution is -2.56. The molecule has 0 bridgehead atoms. The summed E-state index contributed by atoms with van der Waals surface area (Å²) in [6.07, 6.45) is 0. The minimum absolute atomic E-state index is 0.0647. The third kappa shape index (κ3) is 2.68. The van der Waals surface area contributed by atoms with Crippen molar-refractivity contribution in [3.8, 4) is 0 Å². The van der Waals surface area contributed by atoms with E-state index >= 15 is 0 Å². The second-order valence-corrected chi connectivity index (χ2v) is 4.39. The first-order valence-corrected chi connectivity index (χ1v) is 5.23. The Kier molecular flexibility index (Phi) is 3.68.